The minimum atomic E-state index is -0.222. The van der Waals surface area contributed by atoms with E-state index in [0.29, 0.717) is 23.6 Å². The third-order valence-corrected chi connectivity index (χ3v) is 5.01. The Bertz CT molecular complexity index is 942. The van der Waals surface area contributed by atoms with Crippen LogP contribution < -0.4 is 15.0 Å². The third-order valence-electron chi connectivity index (χ3n) is 5.01. The Morgan fingerprint density at radius 2 is 1.83 bits per heavy atom. The van der Waals surface area contributed by atoms with Gasteiger partial charge in [0.2, 0.25) is 0 Å². The number of carbonyl (C=O) groups excluding carboxylic acids is 1. The Hall–Kier alpha value is -3.41. The molecule has 0 atom stereocenters. The first-order chi connectivity index (χ1) is 14.3. The van der Waals surface area contributed by atoms with E-state index in [4.69, 9.17) is 4.74 Å². The van der Waals surface area contributed by atoms with Gasteiger partial charge in [0.25, 0.3) is 5.91 Å². The zero-order valence-corrected chi connectivity index (χ0v) is 16.3. The summed E-state index contributed by atoms with van der Waals surface area (Å²) in [6.45, 7) is 2.43. The summed E-state index contributed by atoms with van der Waals surface area (Å²) in [6, 6.07) is 17.5. The fourth-order valence-electron chi connectivity index (χ4n) is 3.47. The first-order valence-electron chi connectivity index (χ1n) is 9.93. The van der Waals surface area contributed by atoms with Gasteiger partial charge in [-0.15, -0.1) is 0 Å². The number of piperidine rings is 1. The number of carbonyl (C=O) groups is 1. The number of ether oxygens (including phenoxy) is 1. The summed E-state index contributed by atoms with van der Waals surface area (Å²) in [5, 5.41) is 10.5. The topological polar surface area (TPSA) is 67.4 Å². The minimum Gasteiger partial charge on any atom is -0.488 e. The molecule has 1 saturated heterocycles. The predicted molar refractivity (Wildman–Crippen MR) is 113 cm³/mol. The predicted octanol–water partition coefficient (Wildman–Crippen LogP) is 4.30. The minimum absolute atomic E-state index is 0.222. The number of nitrogens with one attached hydrogen (secondary N) is 1. The molecule has 0 aliphatic carbocycles. The highest BCUT2D eigenvalue weighted by Crippen LogP contribution is 2.28. The second-order valence-corrected chi connectivity index (χ2v) is 7.09. The summed E-state index contributed by atoms with van der Waals surface area (Å²) >= 11 is 0. The normalized spacial score (nSPS) is 13.7. The molecule has 0 radical (unpaired) electrons. The van der Waals surface area contributed by atoms with Crippen LogP contribution in [0.3, 0.4) is 0 Å². The molecule has 29 heavy (non-hydrogen) atoms. The van der Waals surface area contributed by atoms with Crippen molar-refractivity contribution in [2.45, 2.75) is 25.9 Å². The van der Waals surface area contributed by atoms with Crippen molar-refractivity contribution in [3.63, 3.8) is 0 Å². The van der Waals surface area contributed by atoms with Crippen LogP contribution in [0.15, 0.2) is 67.0 Å². The van der Waals surface area contributed by atoms with E-state index in [-0.39, 0.29) is 5.91 Å². The van der Waals surface area contributed by atoms with E-state index in [9.17, 15) is 4.79 Å². The number of anilines is 2. The molecule has 148 valence electrons. The van der Waals surface area contributed by atoms with Crippen molar-refractivity contribution in [2.75, 3.05) is 23.3 Å². The molecular formula is C23H24N4O2. The van der Waals surface area contributed by atoms with Crippen molar-refractivity contribution in [2.24, 2.45) is 0 Å². The van der Waals surface area contributed by atoms with Crippen LogP contribution in [0.25, 0.3) is 0 Å². The number of nitrogens with zero attached hydrogens (tertiary/aromatic N) is 3. The maximum absolute atomic E-state index is 13.0. The van der Waals surface area contributed by atoms with Gasteiger partial charge in [-0.1, -0.05) is 30.3 Å². The molecule has 2 aromatic carbocycles. The third kappa shape index (κ3) is 4.90. The van der Waals surface area contributed by atoms with E-state index < -0.39 is 0 Å². The molecule has 1 aliphatic rings. The molecule has 3 aromatic rings. The summed E-state index contributed by atoms with van der Waals surface area (Å²) in [5.41, 5.74) is 3.22. The number of aromatic nitrogens is 2. The van der Waals surface area contributed by atoms with Crippen molar-refractivity contribution in [3.8, 4) is 5.75 Å². The maximum atomic E-state index is 13.0. The lowest BCUT2D eigenvalue weighted by molar-refractivity contribution is 0.102. The van der Waals surface area contributed by atoms with Crippen molar-refractivity contribution in [1.82, 2.24) is 10.2 Å². The molecule has 2 heterocycles. The van der Waals surface area contributed by atoms with Crippen LogP contribution in [0.5, 0.6) is 5.75 Å². The summed E-state index contributed by atoms with van der Waals surface area (Å²) in [4.78, 5) is 15.4. The van der Waals surface area contributed by atoms with Crippen LogP contribution >= 0.6 is 0 Å². The van der Waals surface area contributed by atoms with Gasteiger partial charge in [-0.2, -0.15) is 10.2 Å². The molecule has 6 heteroatoms. The fourth-order valence-corrected chi connectivity index (χ4v) is 3.47. The molecule has 0 spiro atoms. The van der Waals surface area contributed by atoms with Gasteiger partial charge in [0.05, 0.1) is 23.6 Å². The van der Waals surface area contributed by atoms with Crippen molar-refractivity contribution < 1.29 is 9.53 Å². The van der Waals surface area contributed by atoms with E-state index in [1.807, 2.05) is 48.5 Å². The number of rotatable bonds is 6. The summed E-state index contributed by atoms with van der Waals surface area (Å²) in [6.07, 6.45) is 6.69. The summed E-state index contributed by atoms with van der Waals surface area (Å²) in [5.74, 6) is 0.342. The molecule has 1 amide bonds. The summed E-state index contributed by atoms with van der Waals surface area (Å²) in [7, 11) is 0. The smallest absolute Gasteiger partial charge is 0.259 e. The van der Waals surface area contributed by atoms with Crippen LogP contribution in [-0.2, 0) is 6.61 Å². The second kappa shape index (κ2) is 9.19. The number of benzene rings is 2. The van der Waals surface area contributed by atoms with Gasteiger partial charge in [0.15, 0.2) is 0 Å². The van der Waals surface area contributed by atoms with E-state index in [2.05, 4.69) is 20.4 Å². The van der Waals surface area contributed by atoms with Crippen LogP contribution in [-0.4, -0.2) is 29.2 Å². The molecule has 0 bridgehead atoms. The first kappa shape index (κ1) is 18.9. The highest BCUT2D eigenvalue weighted by Gasteiger charge is 2.18. The Morgan fingerprint density at radius 3 is 2.59 bits per heavy atom. The largest absolute Gasteiger partial charge is 0.488 e. The van der Waals surface area contributed by atoms with Crippen LogP contribution in [0, 0.1) is 0 Å². The molecule has 4 rings (SSSR count). The van der Waals surface area contributed by atoms with Gasteiger partial charge in [-0.3, -0.25) is 4.79 Å². The molecule has 1 aliphatic heterocycles. The van der Waals surface area contributed by atoms with E-state index in [1.54, 1.807) is 12.3 Å². The summed E-state index contributed by atoms with van der Waals surface area (Å²) < 4.78 is 6.02. The average Bonchev–Trinajstić information content (AvgIpc) is 2.79. The average molecular weight is 388 g/mol. The zero-order chi connectivity index (χ0) is 19.9. The van der Waals surface area contributed by atoms with Crippen LogP contribution in [0.1, 0.15) is 35.2 Å². The Balaban J connectivity index is 1.59. The Labute approximate surface area is 170 Å². The SMILES string of the molecule is O=C(Nc1ccnnc1)c1cc(N2CCCCC2)ccc1OCc1ccccc1. The molecule has 0 saturated carbocycles. The lowest BCUT2D eigenvalue weighted by atomic mass is 10.1. The monoisotopic (exact) mass is 388 g/mol. The highest BCUT2D eigenvalue weighted by atomic mass is 16.5. The number of hydrogen-bond donors (Lipinski definition) is 1. The molecule has 6 nitrogen and oxygen atoms in total. The van der Waals surface area contributed by atoms with Gasteiger partial charge < -0.3 is 15.0 Å². The first-order valence-corrected chi connectivity index (χ1v) is 9.93. The van der Waals surface area contributed by atoms with Crippen molar-refractivity contribution in [1.29, 1.82) is 0 Å². The Kier molecular flexibility index (Phi) is 6.00. The Morgan fingerprint density at radius 1 is 1.00 bits per heavy atom. The molecule has 0 unspecified atom stereocenters. The van der Waals surface area contributed by atoms with Gasteiger partial charge >= 0.3 is 0 Å². The highest BCUT2D eigenvalue weighted by molar-refractivity contribution is 6.06. The second-order valence-electron chi connectivity index (χ2n) is 7.09. The van der Waals surface area contributed by atoms with E-state index in [1.165, 1.54) is 25.5 Å². The number of amides is 1. The quantitative estimate of drug-likeness (QED) is 0.682. The van der Waals surface area contributed by atoms with E-state index >= 15 is 0 Å². The van der Waals surface area contributed by atoms with Crippen molar-refractivity contribution in [3.05, 3.63) is 78.1 Å². The van der Waals surface area contributed by atoms with Crippen LogP contribution in [0.2, 0.25) is 0 Å². The molecular weight excluding hydrogens is 364 g/mol. The van der Waals surface area contributed by atoms with Gasteiger partial charge in [0.1, 0.15) is 12.4 Å². The van der Waals surface area contributed by atoms with Gasteiger partial charge in [0, 0.05) is 18.8 Å². The lowest BCUT2D eigenvalue weighted by Crippen LogP contribution is -2.29. The van der Waals surface area contributed by atoms with Crippen molar-refractivity contribution >= 4 is 17.3 Å². The standard InChI is InChI=1S/C23H24N4O2/c28-23(26-19-11-12-24-25-16-19)21-15-20(27-13-5-2-6-14-27)9-10-22(21)29-17-18-7-3-1-4-8-18/h1,3-4,7-12,15-16H,2,5-6,13-14,17H2,(H,24,26,28). The van der Waals surface area contributed by atoms with E-state index in [0.717, 1.165) is 24.3 Å². The molecule has 1 aromatic heterocycles. The van der Waals surface area contributed by atoms with Gasteiger partial charge in [-0.25, -0.2) is 0 Å². The molecule has 1 N–H and O–H groups in total. The number of hydrogen-bond acceptors (Lipinski definition) is 5. The maximum Gasteiger partial charge on any atom is 0.259 e. The fraction of sp³-hybridized carbons (Fsp3) is 0.261. The van der Waals surface area contributed by atoms with Crippen LogP contribution in [0.4, 0.5) is 11.4 Å². The lowest BCUT2D eigenvalue weighted by Gasteiger charge is -2.29. The van der Waals surface area contributed by atoms with Gasteiger partial charge in [-0.05, 0) is 49.1 Å². The zero-order valence-electron chi connectivity index (χ0n) is 16.3. The molecule has 1 fully saturated rings.